The summed E-state index contributed by atoms with van der Waals surface area (Å²) in [6, 6.07) is 4.22. The molecule has 0 unspecified atom stereocenters. The number of anilines is 1. The Hall–Kier alpha value is -1.98. The maximum Gasteiger partial charge on any atom is 0.184 e. The van der Waals surface area contributed by atoms with Crippen molar-refractivity contribution in [2.24, 2.45) is 0 Å². The molecule has 1 aromatic carbocycles. The number of benzene rings is 1. The van der Waals surface area contributed by atoms with Crippen molar-refractivity contribution >= 4 is 5.69 Å². The average Bonchev–Trinajstić information content (AvgIpc) is 2.90. The van der Waals surface area contributed by atoms with E-state index >= 15 is 0 Å². The molecule has 6 heteroatoms. The molecular formula is C13H18FN5. The SMILES string of the molecule is CCC(C)(CC)n1nnnc1-c1cc(F)ccc1N. The molecule has 0 spiro atoms. The molecule has 0 saturated carbocycles. The second-order valence-electron chi connectivity index (χ2n) is 4.85. The van der Waals surface area contributed by atoms with Crippen LogP contribution in [0.15, 0.2) is 18.2 Å². The van der Waals surface area contributed by atoms with Crippen molar-refractivity contribution in [2.45, 2.75) is 39.2 Å². The van der Waals surface area contributed by atoms with Gasteiger partial charge in [0.2, 0.25) is 0 Å². The van der Waals surface area contributed by atoms with Gasteiger partial charge in [-0.15, -0.1) is 5.10 Å². The Bertz CT molecular complexity index is 574. The molecule has 0 saturated heterocycles. The summed E-state index contributed by atoms with van der Waals surface area (Å²) in [5, 5.41) is 11.8. The zero-order valence-electron chi connectivity index (χ0n) is 11.4. The molecule has 102 valence electrons. The smallest absolute Gasteiger partial charge is 0.184 e. The molecule has 0 aliphatic heterocycles. The Morgan fingerprint density at radius 3 is 2.63 bits per heavy atom. The fourth-order valence-corrected chi connectivity index (χ4v) is 1.99. The Morgan fingerprint density at radius 2 is 2.00 bits per heavy atom. The van der Waals surface area contributed by atoms with E-state index in [4.69, 9.17) is 5.73 Å². The first-order chi connectivity index (χ1) is 9.01. The third-order valence-electron chi connectivity index (χ3n) is 3.76. The first kappa shape index (κ1) is 13.5. The highest BCUT2D eigenvalue weighted by Gasteiger charge is 2.28. The molecule has 0 aliphatic carbocycles. The van der Waals surface area contributed by atoms with Crippen LogP contribution in [-0.4, -0.2) is 20.2 Å². The molecule has 0 bridgehead atoms. The Labute approximate surface area is 111 Å². The highest BCUT2D eigenvalue weighted by Crippen LogP contribution is 2.31. The van der Waals surface area contributed by atoms with Crippen LogP contribution in [-0.2, 0) is 5.54 Å². The fourth-order valence-electron chi connectivity index (χ4n) is 1.99. The van der Waals surface area contributed by atoms with Gasteiger partial charge in [0.25, 0.3) is 0 Å². The van der Waals surface area contributed by atoms with Crippen molar-refractivity contribution in [1.29, 1.82) is 0 Å². The molecule has 0 aliphatic rings. The molecule has 2 aromatic rings. The predicted octanol–water partition coefficient (Wildman–Crippen LogP) is 2.60. The Kier molecular flexibility index (Phi) is 3.50. The lowest BCUT2D eigenvalue weighted by molar-refractivity contribution is 0.262. The molecule has 1 aromatic heterocycles. The standard InChI is InChI=1S/C13H18FN5/c1-4-13(3,5-2)19-12(16-17-18-19)10-8-9(14)6-7-11(10)15/h6-8H,4-5,15H2,1-3H3. The molecular weight excluding hydrogens is 245 g/mol. The first-order valence-corrected chi connectivity index (χ1v) is 6.36. The second kappa shape index (κ2) is 4.95. The van der Waals surface area contributed by atoms with Crippen molar-refractivity contribution in [1.82, 2.24) is 20.2 Å². The van der Waals surface area contributed by atoms with E-state index in [-0.39, 0.29) is 11.4 Å². The fraction of sp³-hybridized carbons (Fsp3) is 0.462. The average molecular weight is 263 g/mol. The van der Waals surface area contributed by atoms with Gasteiger partial charge < -0.3 is 5.73 Å². The van der Waals surface area contributed by atoms with E-state index in [0.29, 0.717) is 17.1 Å². The number of aromatic nitrogens is 4. The summed E-state index contributed by atoms with van der Waals surface area (Å²) in [5.74, 6) is 0.150. The maximum atomic E-state index is 13.4. The van der Waals surface area contributed by atoms with Crippen LogP contribution in [0.25, 0.3) is 11.4 Å². The van der Waals surface area contributed by atoms with Gasteiger partial charge in [0.15, 0.2) is 5.82 Å². The monoisotopic (exact) mass is 263 g/mol. The van der Waals surface area contributed by atoms with Gasteiger partial charge in [0, 0.05) is 11.3 Å². The zero-order valence-corrected chi connectivity index (χ0v) is 11.4. The molecule has 2 rings (SSSR count). The minimum absolute atomic E-state index is 0.211. The van der Waals surface area contributed by atoms with E-state index in [0.717, 1.165) is 12.8 Å². The Morgan fingerprint density at radius 1 is 1.32 bits per heavy atom. The molecule has 0 amide bonds. The highest BCUT2D eigenvalue weighted by atomic mass is 19.1. The van der Waals surface area contributed by atoms with Crippen LogP contribution in [0.3, 0.4) is 0 Å². The predicted molar refractivity (Wildman–Crippen MR) is 71.9 cm³/mol. The summed E-state index contributed by atoms with van der Waals surface area (Å²) >= 11 is 0. The number of rotatable bonds is 4. The van der Waals surface area contributed by atoms with Crippen LogP contribution in [0.5, 0.6) is 0 Å². The molecule has 1 heterocycles. The van der Waals surface area contributed by atoms with Crippen molar-refractivity contribution in [3.63, 3.8) is 0 Å². The lowest BCUT2D eigenvalue weighted by atomic mass is 9.95. The summed E-state index contributed by atoms with van der Waals surface area (Å²) < 4.78 is 15.1. The molecule has 19 heavy (non-hydrogen) atoms. The number of hydrogen-bond acceptors (Lipinski definition) is 4. The minimum atomic E-state index is -0.353. The first-order valence-electron chi connectivity index (χ1n) is 6.36. The number of tetrazole rings is 1. The zero-order chi connectivity index (χ0) is 14.0. The third-order valence-corrected chi connectivity index (χ3v) is 3.76. The van der Waals surface area contributed by atoms with E-state index in [1.807, 2.05) is 0 Å². The van der Waals surface area contributed by atoms with Gasteiger partial charge in [-0.3, -0.25) is 0 Å². The van der Waals surface area contributed by atoms with Gasteiger partial charge in [-0.25, -0.2) is 9.07 Å². The summed E-state index contributed by atoms with van der Waals surface area (Å²) in [5.41, 5.74) is 6.68. The second-order valence-corrected chi connectivity index (χ2v) is 4.85. The van der Waals surface area contributed by atoms with Gasteiger partial charge in [0.05, 0.1) is 5.54 Å². The van der Waals surface area contributed by atoms with E-state index in [1.54, 1.807) is 4.68 Å². The number of nitrogens with two attached hydrogens (primary N) is 1. The normalized spacial score (nSPS) is 11.8. The topological polar surface area (TPSA) is 69.6 Å². The largest absolute Gasteiger partial charge is 0.398 e. The number of halogens is 1. The quantitative estimate of drug-likeness (QED) is 0.861. The van der Waals surface area contributed by atoms with E-state index in [2.05, 4.69) is 36.3 Å². The van der Waals surface area contributed by atoms with Crippen molar-refractivity contribution < 1.29 is 4.39 Å². The molecule has 0 radical (unpaired) electrons. The minimum Gasteiger partial charge on any atom is -0.398 e. The molecule has 0 atom stereocenters. The van der Waals surface area contributed by atoms with Gasteiger partial charge >= 0.3 is 0 Å². The highest BCUT2D eigenvalue weighted by molar-refractivity contribution is 5.71. The van der Waals surface area contributed by atoms with Crippen LogP contribution < -0.4 is 5.73 Å². The van der Waals surface area contributed by atoms with Crippen LogP contribution in [0.1, 0.15) is 33.6 Å². The van der Waals surface area contributed by atoms with E-state index in [9.17, 15) is 4.39 Å². The molecule has 2 N–H and O–H groups in total. The Balaban J connectivity index is 2.59. The lowest BCUT2D eigenvalue weighted by Crippen LogP contribution is -2.30. The summed E-state index contributed by atoms with van der Waals surface area (Å²) in [6.45, 7) is 6.22. The third kappa shape index (κ3) is 2.30. The van der Waals surface area contributed by atoms with Crippen LogP contribution >= 0.6 is 0 Å². The van der Waals surface area contributed by atoms with E-state index in [1.165, 1.54) is 18.2 Å². The van der Waals surface area contributed by atoms with Crippen LogP contribution in [0.2, 0.25) is 0 Å². The summed E-state index contributed by atoms with van der Waals surface area (Å²) in [4.78, 5) is 0. The molecule has 5 nitrogen and oxygen atoms in total. The maximum absolute atomic E-state index is 13.4. The number of hydrogen-bond donors (Lipinski definition) is 1. The molecule has 0 fully saturated rings. The van der Waals surface area contributed by atoms with Crippen LogP contribution in [0, 0.1) is 5.82 Å². The number of nitrogen functional groups attached to an aromatic ring is 1. The van der Waals surface area contributed by atoms with Gasteiger partial charge in [-0.2, -0.15) is 0 Å². The van der Waals surface area contributed by atoms with E-state index < -0.39 is 0 Å². The van der Waals surface area contributed by atoms with Gasteiger partial charge in [0.1, 0.15) is 5.82 Å². The summed E-state index contributed by atoms with van der Waals surface area (Å²) in [6.07, 6.45) is 1.74. The van der Waals surface area contributed by atoms with Gasteiger partial charge in [-0.1, -0.05) is 13.8 Å². The summed E-state index contributed by atoms with van der Waals surface area (Å²) in [7, 11) is 0. The van der Waals surface area contributed by atoms with Crippen LogP contribution in [0.4, 0.5) is 10.1 Å². The lowest BCUT2D eigenvalue weighted by Gasteiger charge is -2.27. The van der Waals surface area contributed by atoms with Gasteiger partial charge in [-0.05, 0) is 48.4 Å². The van der Waals surface area contributed by atoms with Crippen molar-refractivity contribution in [3.8, 4) is 11.4 Å². The van der Waals surface area contributed by atoms with Crippen molar-refractivity contribution in [2.75, 3.05) is 5.73 Å². The van der Waals surface area contributed by atoms with Crippen molar-refractivity contribution in [3.05, 3.63) is 24.0 Å². The number of nitrogens with zero attached hydrogens (tertiary/aromatic N) is 4.